The maximum absolute atomic E-state index is 6.30. The van der Waals surface area contributed by atoms with Gasteiger partial charge in [0.15, 0.2) is 0 Å². The molecule has 1 aromatic heterocycles. The van der Waals surface area contributed by atoms with Crippen LogP contribution >= 0.6 is 0 Å². The van der Waals surface area contributed by atoms with Gasteiger partial charge < -0.3 is 13.9 Å². The Kier molecular flexibility index (Phi) is 3.78. The van der Waals surface area contributed by atoms with Crippen LogP contribution in [-0.2, 0) is 15.9 Å². The molecule has 1 aliphatic rings. The zero-order chi connectivity index (χ0) is 17.7. The minimum atomic E-state index is -0.349. The quantitative estimate of drug-likeness (QED) is 0.677. The van der Waals surface area contributed by atoms with Crippen molar-refractivity contribution in [3.05, 3.63) is 66.4 Å². The highest BCUT2D eigenvalue weighted by atomic mass is 16.7. The average molecular weight is 333 g/mol. The van der Waals surface area contributed by atoms with Gasteiger partial charge in [-0.25, -0.2) is 0 Å². The molecule has 4 heteroatoms. The molecule has 0 unspecified atom stereocenters. The SMILES string of the molecule is CC1(C)OB(c2cccc3ccn(Cc4ccccc4)c23)OC1(C)C. The molecule has 0 atom stereocenters. The molecule has 0 N–H and O–H groups in total. The zero-order valence-electron chi connectivity index (χ0n) is 15.3. The van der Waals surface area contributed by atoms with Gasteiger partial charge >= 0.3 is 7.12 Å². The second-order valence-corrected chi connectivity index (χ2v) is 7.80. The van der Waals surface area contributed by atoms with Crippen molar-refractivity contribution >= 4 is 23.5 Å². The van der Waals surface area contributed by atoms with Gasteiger partial charge in [0.05, 0.1) is 11.2 Å². The highest BCUT2D eigenvalue weighted by molar-refractivity contribution is 6.65. The van der Waals surface area contributed by atoms with Gasteiger partial charge in [0.1, 0.15) is 0 Å². The fourth-order valence-corrected chi connectivity index (χ4v) is 3.36. The summed E-state index contributed by atoms with van der Waals surface area (Å²) in [4.78, 5) is 0. The van der Waals surface area contributed by atoms with E-state index in [0.29, 0.717) is 0 Å². The Morgan fingerprint density at radius 2 is 1.52 bits per heavy atom. The summed E-state index contributed by atoms with van der Waals surface area (Å²) in [7, 11) is -0.349. The predicted molar refractivity (Wildman–Crippen MR) is 103 cm³/mol. The number of nitrogens with zero attached hydrogens (tertiary/aromatic N) is 1. The lowest BCUT2D eigenvalue weighted by Crippen LogP contribution is -2.41. The van der Waals surface area contributed by atoms with Gasteiger partial charge in [0.25, 0.3) is 0 Å². The minimum absolute atomic E-state index is 0.337. The molecule has 3 nitrogen and oxygen atoms in total. The molecule has 0 amide bonds. The normalized spacial score (nSPS) is 18.8. The van der Waals surface area contributed by atoms with E-state index in [0.717, 1.165) is 12.0 Å². The first-order chi connectivity index (χ1) is 11.9. The smallest absolute Gasteiger partial charge is 0.399 e. The fraction of sp³-hybridized carbons (Fsp3) is 0.333. The largest absolute Gasteiger partial charge is 0.497 e. The molecule has 0 radical (unpaired) electrons. The number of hydrogen-bond donors (Lipinski definition) is 0. The van der Waals surface area contributed by atoms with E-state index >= 15 is 0 Å². The van der Waals surface area contributed by atoms with Crippen LogP contribution in [-0.4, -0.2) is 22.9 Å². The Labute approximate surface area is 149 Å². The highest BCUT2D eigenvalue weighted by Gasteiger charge is 2.52. The maximum atomic E-state index is 6.30. The number of fused-ring (bicyclic) bond motifs is 1. The number of rotatable bonds is 3. The molecule has 1 saturated heterocycles. The number of aromatic nitrogens is 1. The summed E-state index contributed by atoms with van der Waals surface area (Å²) in [5.41, 5.74) is 2.89. The Balaban J connectivity index is 1.77. The van der Waals surface area contributed by atoms with Gasteiger partial charge in [0, 0.05) is 23.7 Å². The first-order valence-electron chi connectivity index (χ1n) is 8.85. The van der Waals surface area contributed by atoms with Gasteiger partial charge in [-0.3, -0.25) is 0 Å². The van der Waals surface area contributed by atoms with Gasteiger partial charge in [-0.05, 0) is 44.7 Å². The van der Waals surface area contributed by atoms with Crippen molar-refractivity contribution in [2.75, 3.05) is 0 Å². The summed E-state index contributed by atoms with van der Waals surface area (Å²) in [5.74, 6) is 0. The van der Waals surface area contributed by atoms with E-state index in [1.54, 1.807) is 0 Å². The molecule has 4 rings (SSSR count). The van der Waals surface area contributed by atoms with Crippen LogP contribution < -0.4 is 5.46 Å². The summed E-state index contributed by atoms with van der Waals surface area (Å²) in [6.07, 6.45) is 2.15. The second-order valence-electron chi connectivity index (χ2n) is 7.80. The third-order valence-electron chi connectivity index (χ3n) is 5.52. The van der Waals surface area contributed by atoms with Crippen LogP contribution in [0.4, 0.5) is 0 Å². The van der Waals surface area contributed by atoms with E-state index in [2.05, 4.69) is 87.0 Å². The van der Waals surface area contributed by atoms with E-state index in [-0.39, 0.29) is 18.3 Å². The van der Waals surface area contributed by atoms with Crippen molar-refractivity contribution in [2.24, 2.45) is 0 Å². The van der Waals surface area contributed by atoms with Gasteiger partial charge in [-0.1, -0.05) is 48.5 Å². The molecule has 2 heterocycles. The van der Waals surface area contributed by atoms with Crippen LogP contribution in [0.15, 0.2) is 60.8 Å². The monoisotopic (exact) mass is 333 g/mol. The number of benzene rings is 2. The zero-order valence-corrected chi connectivity index (χ0v) is 15.3. The molecule has 0 bridgehead atoms. The molecule has 1 fully saturated rings. The van der Waals surface area contributed by atoms with Crippen molar-refractivity contribution < 1.29 is 9.31 Å². The standard InChI is InChI=1S/C21H24BNO2/c1-20(2)21(3,4)25-22(24-20)18-12-8-11-17-13-14-23(19(17)18)15-16-9-6-5-7-10-16/h5-14H,15H2,1-4H3. The summed E-state index contributed by atoms with van der Waals surface area (Å²) in [5, 5.41) is 1.21. The van der Waals surface area contributed by atoms with Crippen molar-refractivity contribution in [3.63, 3.8) is 0 Å². The van der Waals surface area contributed by atoms with E-state index in [4.69, 9.17) is 9.31 Å². The van der Waals surface area contributed by atoms with E-state index < -0.39 is 0 Å². The van der Waals surface area contributed by atoms with Crippen LogP contribution in [0.5, 0.6) is 0 Å². The lowest BCUT2D eigenvalue weighted by atomic mass is 9.78. The van der Waals surface area contributed by atoms with E-state index in [1.165, 1.54) is 16.5 Å². The first kappa shape index (κ1) is 16.4. The van der Waals surface area contributed by atoms with Gasteiger partial charge in [0.2, 0.25) is 0 Å². The summed E-state index contributed by atoms with van der Waals surface area (Å²) < 4.78 is 14.9. The Hall–Kier alpha value is -2.04. The van der Waals surface area contributed by atoms with Crippen molar-refractivity contribution in [2.45, 2.75) is 45.4 Å². The lowest BCUT2D eigenvalue weighted by Gasteiger charge is -2.32. The fourth-order valence-electron chi connectivity index (χ4n) is 3.36. The number of para-hydroxylation sites is 1. The van der Waals surface area contributed by atoms with Crippen molar-refractivity contribution in [3.8, 4) is 0 Å². The second kappa shape index (κ2) is 5.75. The summed E-state index contributed by atoms with van der Waals surface area (Å²) >= 11 is 0. The molecular formula is C21H24BNO2. The molecule has 3 aromatic rings. The summed E-state index contributed by atoms with van der Waals surface area (Å²) in [6, 6.07) is 19.0. The van der Waals surface area contributed by atoms with Crippen molar-refractivity contribution in [1.29, 1.82) is 0 Å². The van der Waals surface area contributed by atoms with Gasteiger partial charge in [-0.2, -0.15) is 0 Å². The molecule has 0 saturated carbocycles. The number of hydrogen-bond acceptors (Lipinski definition) is 2. The van der Waals surface area contributed by atoms with Crippen LogP contribution in [0.2, 0.25) is 0 Å². The van der Waals surface area contributed by atoms with Gasteiger partial charge in [-0.15, -0.1) is 0 Å². The third-order valence-corrected chi connectivity index (χ3v) is 5.52. The highest BCUT2D eigenvalue weighted by Crippen LogP contribution is 2.37. The third kappa shape index (κ3) is 2.80. The minimum Gasteiger partial charge on any atom is -0.399 e. The molecule has 128 valence electrons. The Morgan fingerprint density at radius 1 is 0.840 bits per heavy atom. The van der Waals surface area contributed by atoms with Crippen LogP contribution in [0.3, 0.4) is 0 Å². The molecule has 0 aliphatic carbocycles. The van der Waals surface area contributed by atoms with Crippen LogP contribution in [0.1, 0.15) is 33.3 Å². The van der Waals surface area contributed by atoms with Crippen LogP contribution in [0.25, 0.3) is 10.9 Å². The average Bonchev–Trinajstić information content (AvgIpc) is 3.07. The maximum Gasteiger partial charge on any atom is 0.497 e. The topological polar surface area (TPSA) is 23.4 Å². The van der Waals surface area contributed by atoms with E-state index in [9.17, 15) is 0 Å². The molecule has 2 aromatic carbocycles. The molecule has 25 heavy (non-hydrogen) atoms. The van der Waals surface area contributed by atoms with Crippen LogP contribution in [0, 0.1) is 0 Å². The molecule has 0 spiro atoms. The molecular weight excluding hydrogens is 309 g/mol. The molecule has 1 aliphatic heterocycles. The van der Waals surface area contributed by atoms with E-state index in [1.807, 2.05) is 6.07 Å². The predicted octanol–water partition coefficient (Wildman–Crippen LogP) is 3.99. The first-order valence-corrected chi connectivity index (χ1v) is 8.85. The Bertz CT molecular complexity index is 883. The van der Waals surface area contributed by atoms with Crippen molar-refractivity contribution in [1.82, 2.24) is 4.57 Å². The summed E-state index contributed by atoms with van der Waals surface area (Å²) in [6.45, 7) is 9.21. The lowest BCUT2D eigenvalue weighted by molar-refractivity contribution is 0.00578. The Morgan fingerprint density at radius 3 is 2.20 bits per heavy atom.